The van der Waals surface area contributed by atoms with E-state index >= 15 is 0 Å². The fourth-order valence-electron chi connectivity index (χ4n) is 1.93. The third-order valence-electron chi connectivity index (χ3n) is 2.94. The van der Waals surface area contributed by atoms with E-state index in [1.165, 1.54) is 12.1 Å². The molecule has 0 spiro atoms. The quantitative estimate of drug-likeness (QED) is 0.788. The van der Waals surface area contributed by atoms with Crippen molar-refractivity contribution in [3.8, 4) is 5.69 Å². The average molecular weight is 386 g/mol. The second kappa shape index (κ2) is 5.37. The molecule has 20 heavy (non-hydrogen) atoms. The fraction of sp³-hybridized carbons (Fsp3) is 0.167. The summed E-state index contributed by atoms with van der Waals surface area (Å²) in [6.07, 6.45) is 1.75. The molecule has 3 rings (SSSR count). The van der Waals surface area contributed by atoms with Gasteiger partial charge < -0.3 is 0 Å². The number of nitrogens with one attached hydrogen (secondary N) is 2. The lowest BCUT2D eigenvalue weighted by Crippen LogP contribution is -2.41. The molecule has 0 saturated heterocycles. The first-order chi connectivity index (χ1) is 9.70. The van der Waals surface area contributed by atoms with Crippen LogP contribution >= 0.6 is 22.6 Å². The first-order valence-corrected chi connectivity index (χ1v) is 7.14. The number of hydrazone groups is 1. The molecule has 0 amide bonds. The minimum atomic E-state index is -0.262. The molecular formula is C12H12FIN6. The van der Waals surface area contributed by atoms with Crippen molar-refractivity contribution < 1.29 is 4.39 Å². The summed E-state index contributed by atoms with van der Waals surface area (Å²) in [6.45, 7) is 2.79. The zero-order valence-electron chi connectivity index (χ0n) is 10.6. The van der Waals surface area contributed by atoms with Gasteiger partial charge in [-0.2, -0.15) is 5.10 Å². The fourth-order valence-corrected chi connectivity index (χ4v) is 2.72. The maximum atomic E-state index is 13.0. The number of hydrogen-bond donors (Lipinski definition) is 2. The van der Waals surface area contributed by atoms with E-state index in [0.717, 1.165) is 27.3 Å². The lowest BCUT2D eigenvalue weighted by Gasteiger charge is -2.15. The van der Waals surface area contributed by atoms with Gasteiger partial charge in [-0.3, -0.25) is 5.01 Å². The van der Waals surface area contributed by atoms with Gasteiger partial charge in [-0.25, -0.2) is 14.6 Å². The first-order valence-electron chi connectivity index (χ1n) is 6.06. The van der Waals surface area contributed by atoms with Crippen molar-refractivity contribution >= 4 is 28.4 Å². The van der Waals surface area contributed by atoms with Crippen LogP contribution in [0.4, 0.5) is 4.39 Å². The third-order valence-corrected chi connectivity index (χ3v) is 3.98. The number of aromatic nitrogens is 2. The third kappa shape index (κ3) is 2.24. The van der Waals surface area contributed by atoms with Crippen LogP contribution in [-0.4, -0.2) is 27.2 Å². The van der Waals surface area contributed by atoms with Crippen molar-refractivity contribution in [2.75, 3.05) is 6.54 Å². The largest absolute Gasteiger partial charge is 0.271 e. The first kappa shape index (κ1) is 13.3. The maximum Gasteiger partial charge on any atom is 0.177 e. The van der Waals surface area contributed by atoms with E-state index in [9.17, 15) is 4.39 Å². The molecule has 8 heteroatoms. The summed E-state index contributed by atoms with van der Waals surface area (Å²) in [6, 6.07) is 6.22. The van der Waals surface area contributed by atoms with E-state index < -0.39 is 0 Å². The number of halogens is 2. The van der Waals surface area contributed by atoms with E-state index in [2.05, 4.69) is 43.9 Å². The Balaban J connectivity index is 1.99. The van der Waals surface area contributed by atoms with Gasteiger partial charge in [0.2, 0.25) is 0 Å². The Kier molecular flexibility index (Phi) is 3.57. The van der Waals surface area contributed by atoms with Crippen LogP contribution < -0.4 is 11.1 Å². The van der Waals surface area contributed by atoms with Gasteiger partial charge in [0, 0.05) is 6.54 Å². The normalized spacial score (nSPS) is 14.3. The van der Waals surface area contributed by atoms with Gasteiger partial charge in [0.25, 0.3) is 0 Å². The predicted octanol–water partition coefficient (Wildman–Crippen LogP) is 1.62. The number of rotatable bonds is 3. The van der Waals surface area contributed by atoms with Crippen LogP contribution in [0.2, 0.25) is 0 Å². The maximum absolute atomic E-state index is 13.0. The molecule has 1 aromatic carbocycles. The molecule has 1 aliphatic rings. The Labute approximate surface area is 128 Å². The highest BCUT2D eigenvalue weighted by molar-refractivity contribution is 14.1. The van der Waals surface area contributed by atoms with Crippen molar-refractivity contribution in [2.45, 2.75) is 6.92 Å². The van der Waals surface area contributed by atoms with Crippen LogP contribution in [0.5, 0.6) is 0 Å². The zero-order chi connectivity index (χ0) is 14.1. The predicted molar refractivity (Wildman–Crippen MR) is 81.4 cm³/mol. The van der Waals surface area contributed by atoms with E-state index in [-0.39, 0.29) is 5.82 Å². The van der Waals surface area contributed by atoms with Gasteiger partial charge in [0.05, 0.1) is 17.4 Å². The van der Waals surface area contributed by atoms with Crippen molar-refractivity contribution in [1.82, 2.24) is 25.9 Å². The topological polar surface area (TPSA) is 57.5 Å². The summed E-state index contributed by atoms with van der Waals surface area (Å²) < 4.78 is 15.6. The SMILES string of the molecule is CCN1NNN=C1c1cnn(-c2ccc(F)cc2)c1I. The van der Waals surface area contributed by atoms with E-state index in [1.807, 2.05) is 11.9 Å². The average Bonchev–Trinajstić information content (AvgIpc) is 3.06. The highest BCUT2D eigenvalue weighted by atomic mass is 127. The summed E-state index contributed by atoms with van der Waals surface area (Å²) in [7, 11) is 0. The van der Waals surface area contributed by atoms with Crippen LogP contribution in [0.3, 0.4) is 0 Å². The molecule has 2 N–H and O–H groups in total. The van der Waals surface area contributed by atoms with Gasteiger partial charge in [-0.1, -0.05) is 0 Å². The van der Waals surface area contributed by atoms with Gasteiger partial charge in [0.15, 0.2) is 5.84 Å². The molecule has 0 fully saturated rings. The number of benzene rings is 1. The second-order valence-corrected chi connectivity index (χ2v) is 5.16. The monoisotopic (exact) mass is 386 g/mol. The van der Waals surface area contributed by atoms with E-state index in [4.69, 9.17) is 0 Å². The van der Waals surface area contributed by atoms with Crippen LogP contribution in [0, 0.1) is 9.52 Å². The Bertz CT molecular complexity index is 650. The van der Waals surface area contributed by atoms with Crippen molar-refractivity contribution in [3.63, 3.8) is 0 Å². The lowest BCUT2D eigenvalue weighted by atomic mass is 10.3. The molecule has 0 saturated carbocycles. The molecule has 0 atom stereocenters. The van der Waals surface area contributed by atoms with E-state index in [1.54, 1.807) is 23.0 Å². The highest BCUT2D eigenvalue weighted by Crippen LogP contribution is 2.19. The summed E-state index contributed by atoms with van der Waals surface area (Å²) >= 11 is 2.21. The molecule has 2 heterocycles. The molecule has 0 aliphatic carbocycles. The molecule has 2 aromatic rings. The van der Waals surface area contributed by atoms with Crippen LogP contribution in [0.25, 0.3) is 5.69 Å². The molecule has 1 aromatic heterocycles. The number of amidine groups is 1. The van der Waals surface area contributed by atoms with Crippen molar-refractivity contribution in [1.29, 1.82) is 0 Å². The zero-order valence-corrected chi connectivity index (χ0v) is 12.8. The van der Waals surface area contributed by atoms with Gasteiger partial charge >= 0.3 is 0 Å². The van der Waals surface area contributed by atoms with Gasteiger partial charge in [-0.15, -0.1) is 10.6 Å². The minimum absolute atomic E-state index is 0.262. The molecule has 1 aliphatic heterocycles. The lowest BCUT2D eigenvalue weighted by molar-refractivity contribution is 0.308. The number of nitrogens with zero attached hydrogens (tertiary/aromatic N) is 4. The smallest absolute Gasteiger partial charge is 0.177 e. The summed E-state index contributed by atoms with van der Waals surface area (Å²) in [5, 5.41) is 10.4. The summed E-state index contributed by atoms with van der Waals surface area (Å²) in [5.74, 6) is 0.520. The van der Waals surface area contributed by atoms with Crippen molar-refractivity contribution in [2.24, 2.45) is 5.10 Å². The van der Waals surface area contributed by atoms with Crippen LogP contribution in [0.15, 0.2) is 35.6 Å². The number of hydrazine groups is 2. The Morgan fingerprint density at radius 3 is 2.75 bits per heavy atom. The van der Waals surface area contributed by atoms with E-state index in [0.29, 0.717) is 0 Å². The minimum Gasteiger partial charge on any atom is -0.271 e. The highest BCUT2D eigenvalue weighted by Gasteiger charge is 2.22. The molecule has 0 bridgehead atoms. The molecule has 6 nitrogen and oxygen atoms in total. The van der Waals surface area contributed by atoms with Crippen molar-refractivity contribution in [3.05, 3.63) is 45.5 Å². The Morgan fingerprint density at radius 2 is 2.05 bits per heavy atom. The standard InChI is InChI=1S/C12H12FIN6/c1-2-19-12(16-17-18-19)10-7-15-20(11(10)14)9-5-3-8(13)4-6-9/h3-7,17-18H,2H2,1H3. The molecule has 0 radical (unpaired) electrons. The van der Waals surface area contributed by atoms with Crippen LogP contribution in [-0.2, 0) is 0 Å². The van der Waals surface area contributed by atoms with Gasteiger partial charge in [0.1, 0.15) is 9.52 Å². The molecule has 0 unspecified atom stereocenters. The Hall–Kier alpha value is -1.68. The molecule has 104 valence electrons. The summed E-state index contributed by atoms with van der Waals surface area (Å²) in [5.41, 5.74) is 7.38. The summed E-state index contributed by atoms with van der Waals surface area (Å²) in [4.78, 5) is 0. The van der Waals surface area contributed by atoms with Crippen LogP contribution in [0.1, 0.15) is 12.5 Å². The second-order valence-electron chi connectivity index (χ2n) is 4.14. The van der Waals surface area contributed by atoms with Gasteiger partial charge in [-0.05, 0) is 53.8 Å². The number of hydrogen-bond acceptors (Lipinski definition) is 5. The Morgan fingerprint density at radius 1 is 1.30 bits per heavy atom. The molecular weight excluding hydrogens is 374 g/mol.